The smallest absolute Gasteiger partial charge is 0.323 e. The SMILES string of the molecule is C[C@H](CO)N1C[C@H](C)[C@H](CN(C)C)Oc2ccc(NC(=O)Nc3ccc4c(c3)OCO4)cc2CC1=O. The van der Waals surface area contributed by atoms with Crippen LogP contribution in [0.25, 0.3) is 0 Å². The van der Waals surface area contributed by atoms with E-state index in [1.807, 2.05) is 21.0 Å². The van der Waals surface area contributed by atoms with E-state index >= 15 is 0 Å². The number of hydrogen-bond acceptors (Lipinski definition) is 7. The molecule has 10 heteroatoms. The summed E-state index contributed by atoms with van der Waals surface area (Å²) in [4.78, 5) is 29.7. The fraction of sp³-hybridized carbons (Fsp3) is 0.462. The quantitative estimate of drug-likeness (QED) is 0.561. The van der Waals surface area contributed by atoms with Crippen molar-refractivity contribution in [1.82, 2.24) is 9.80 Å². The topological polar surface area (TPSA) is 113 Å². The summed E-state index contributed by atoms with van der Waals surface area (Å²) >= 11 is 0. The average molecular weight is 499 g/mol. The molecule has 0 fully saturated rings. The first-order valence-corrected chi connectivity index (χ1v) is 12.1. The molecule has 2 aliphatic heterocycles. The van der Waals surface area contributed by atoms with E-state index in [1.54, 1.807) is 41.3 Å². The van der Waals surface area contributed by atoms with Gasteiger partial charge in [-0.15, -0.1) is 0 Å². The predicted octanol–water partition coefficient (Wildman–Crippen LogP) is 2.77. The van der Waals surface area contributed by atoms with Gasteiger partial charge in [0.05, 0.1) is 19.1 Å². The van der Waals surface area contributed by atoms with Gasteiger partial charge in [0.2, 0.25) is 12.7 Å². The van der Waals surface area contributed by atoms with Gasteiger partial charge in [-0.1, -0.05) is 6.92 Å². The van der Waals surface area contributed by atoms with Crippen molar-refractivity contribution in [3.8, 4) is 17.2 Å². The van der Waals surface area contributed by atoms with Gasteiger partial charge >= 0.3 is 6.03 Å². The van der Waals surface area contributed by atoms with Crippen LogP contribution in [-0.4, -0.2) is 79.6 Å². The van der Waals surface area contributed by atoms with Crippen molar-refractivity contribution in [3.05, 3.63) is 42.0 Å². The first-order valence-electron chi connectivity index (χ1n) is 12.1. The number of fused-ring (bicyclic) bond motifs is 2. The Morgan fingerprint density at radius 1 is 1.11 bits per heavy atom. The van der Waals surface area contributed by atoms with E-state index < -0.39 is 6.03 Å². The van der Waals surface area contributed by atoms with Crippen molar-refractivity contribution >= 4 is 23.3 Å². The number of carbonyl (C=O) groups is 2. The molecular weight excluding hydrogens is 464 g/mol. The lowest BCUT2D eigenvalue weighted by Crippen LogP contribution is -2.47. The predicted molar refractivity (Wildman–Crippen MR) is 136 cm³/mol. The number of aliphatic hydroxyl groups excluding tert-OH is 1. The van der Waals surface area contributed by atoms with E-state index in [2.05, 4.69) is 22.5 Å². The van der Waals surface area contributed by atoms with E-state index in [1.165, 1.54) is 0 Å². The molecule has 2 aromatic rings. The Labute approximate surface area is 211 Å². The van der Waals surface area contributed by atoms with Crippen LogP contribution >= 0.6 is 0 Å². The number of ether oxygens (including phenoxy) is 3. The molecule has 4 rings (SSSR count). The minimum Gasteiger partial charge on any atom is -0.488 e. The van der Waals surface area contributed by atoms with Crippen LogP contribution in [0.5, 0.6) is 17.2 Å². The van der Waals surface area contributed by atoms with Gasteiger partial charge in [-0.2, -0.15) is 0 Å². The third-order valence-corrected chi connectivity index (χ3v) is 6.35. The molecule has 0 saturated carbocycles. The second-order valence-corrected chi connectivity index (χ2v) is 9.62. The Morgan fingerprint density at radius 3 is 2.47 bits per heavy atom. The van der Waals surface area contributed by atoms with Crippen molar-refractivity contribution in [3.63, 3.8) is 0 Å². The molecule has 3 atom stereocenters. The summed E-state index contributed by atoms with van der Waals surface area (Å²) in [5.41, 5.74) is 1.77. The maximum Gasteiger partial charge on any atom is 0.323 e. The zero-order valence-corrected chi connectivity index (χ0v) is 21.1. The van der Waals surface area contributed by atoms with E-state index in [4.69, 9.17) is 14.2 Å². The Kier molecular flexibility index (Phi) is 7.85. The van der Waals surface area contributed by atoms with Crippen LogP contribution in [0.15, 0.2) is 36.4 Å². The molecule has 2 aromatic carbocycles. The molecule has 0 aliphatic carbocycles. The second-order valence-electron chi connectivity index (χ2n) is 9.62. The molecule has 10 nitrogen and oxygen atoms in total. The molecule has 0 radical (unpaired) electrons. The van der Waals surface area contributed by atoms with Crippen molar-refractivity contribution in [2.75, 3.05) is 51.2 Å². The van der Waals surface area contributed by atoms with Crippen LogP contribution in [0, 0.1) is 5.92 Å². The summed E-state index contributed by atoms with van der Waals surface area (Å²) in [5, 5.41) is 15.3. The average Bonchev–Trinajstić information content (AvgIpc) is 3.31. The number of rotatable bonds is 6. The molecular formula is C26H34N4O6. The number of nitrogens with zero attached hydrogens (tertiary/aromatic N) is 2. The molecule has 3 N–H and O–H groups in total. The van der Waals surface area contributed by atoms with E-state index in [0.717, 1.165) is 0 Å². The van der Waals surface area contributed by atoms with Gasteiger partial charge in [0, 0.05) is 42.0 Å². The molecule has 0 bridgehead atoms. The highest BCUT2D eigenvalue weighted by Gasteiger charge is 2.30. The third-order valence-electron chi connectivity index (χ3n) is 6.35. The highest BCUT2D eigenvalue weighted by atomic mass is 16.7. The first-order chi connectivity index (χ1) is 17.2. The third kappa shape index (κ3) is 6.00. The molecule has 0 spiro atoms. The highest BCUT2D eigenvalue weighted by molar-refractivity contribution is 6.00. The number of hydrogen-bond donors (Lipinski definition) is 3. The van der Waals surface area contributed by atoms with E-state index in [0.29, 0.717) is 47.3 Å². The molecule has 194 valence electrons. The molecule has 0 unspecified atom stereocenters. The molecule has 2 aliphatic rings. The Bertz CT molecular complexity index is 1110. The Balaban J connectivity index is 1.54. The first kappa shape index (κ1) is 25.6. The van der Waals surface area contributed by atoms with E-state index in [-0.39, 0.29) is 43.8 Å². The minimum atomic E-state index is -0.432. The zero-order valence-electron chi connectivity index (χ0n) is 21.1. The van der Waals surface area contributed by atoms with Crippen LogP contribution in [0.1, 0.15) is 19.4 Å². The maximum atomic E-state index is 13.3. The fourth-order valence-electron chi connectivity index (χ4n) is 4.35. The van der Waals surface area contributed by atoms with Crippen LogP contribution < -0.4 is 24.8 Å². The molecule has 2 heterocycles. The standard InChI is InChI=1S/C26H34N4O6/c1-16-12-30(17(2)14-31)25(32)10-18-9-19(5-7-21(18)36-24(16)13-29(3)4)27-26(33)28-20-6-8-22-23(11-20)35-15-34-22/h5-9,11,16-17,24,31H,10,12-15H2,1-4H3,(H2,27,28,33)/t16-,17+,24-/m0/s1. The summed E-state index contributed by atoms with van der Waals surface area (Å²) in [7, 11) is 3.96. The molecule has 36 heavy (non-hydrogen) atoms. The number of anilines is 2. The summed E-state index contributed by atoms with van der Waals surface area (Å²) in [6, 6.07) is 9.73. The number of benzene rings is 2. The molecule has 0 saturated heterocycles. The lowest BCUT2D eigenvalue weighted by atomic mass is 10.0. The normalized spacial score (nSPS) is 20.1. The summed E-state index contributed by atoms with van der Waals surface area (Å²) in [5.74, 6) is 1.77. The van der Waals surface area contributed by atoms with E-state index in [9.17, 15) is 14.7 Å². The van der Waals surface area contributed by atoms with Gasteiger partial charge < -0.3 is 39.8 Å². The van der Waals surface area contributed by atoms with Crippen LogP contribution in [-0.2, 0) is 11.2 Å². The second kappa shape index (κ2) is 11.0. The van der Waals surface area contributed by atoms with Crippen LogP contribution in [0.2, 0.25) is 0 Å². The largest absolute Gasteiger partial charge is 0.488 e. The van der Waals surface area contributed by atoms with Crippen molar-refractivity contribution in [2.24, 2.45) is 5.92 Å². The minimum absolute atomic E-state index is 0.0431. The fourth-order valence-corrected chi connectivity index (χ4v) is 4.35. The monoisotopic (exact) mass is 498 g/mol. The number of likely N-dealkylation sites (N-methyl/N-ethyl adjacent to an activating group) is 1. The molecule has 0 aromatic heterocycles. The maximum absolute atomic E-state index is 13.3. The van der Waals surface area contributed by atoms with Gasteiger partial charge in [0.25, 0.3) is 0 Å². The van der Waals surface area contributed by atoms with Gasteiger partial charge in [-0.25, -0.2) is 4.79 Å². The summed E-state index contributed by atoms with van der Waals surface area (Å²) in [6.45, 7) is 5.09. The molecule has 3 amide bonds. The lowest BCUT2D eigenvalue weighted by molar-refractivity contribution is -0.134. The number of urea groups is 1. The number of carbonyl (C=O) groups excluding carboxylic acids is 2. The van der Waals surface area contributed by atoms with Crippen molar-refractivity contribution in [1.29, 1.82) is 0 Å². The summed E-state index contributed by atoms with van der Waals surface area (Å²) in [6.07, 6.45) is -0.0634. The van der Waals surface area contributed by atoms with Crippen LogP contribution in [0.3, 0.4) is 0 Å². The summed E-state index contributed by atoms with van der Waals surface area (Å²) < 4.78 is 17.1. The van der Waals surface area contributed by atoms with Crippen molar-refractivity contribution in [2.45, 2.75) is 32.4 Å². The zero-order chi connectivity index (χ0) is 25.8. The Morgan fingerprint density at radius 2 is 1.78 bits per heavy atom. The van der Waals surface area contributed by atoms with Gasteiger partial charge in [0.1, 0.15) is 11.9 Å². The highest BCUT2D eigenvalue weighted by Crippen LogP contribution is 2.34. The van der Waals surface area contributed by atoms with Gasteiger partial charge in [-0.3, -0.25) is 4.79 Å². The Hall–Kier alpha value is -3.50. The van der Waals surface area contributed by atoms with Gasteiger partial charge in [-0.05, 0) is 51.4 Å². The number of nitrogens with one attached hydrogen (secondary N) is 2. The van der Waals surface area contributed by atoms with Crippen molar-refractivity contribution < 1.29 is 28.9 Å². The number of amides is 3. The van der Waals surface area contributed by atoms with Crippen LogP contribution in [0.4, 0.5) is 16.2 Å². The lowest BCUT2D eigenvalue weighted by Gasteiger charge is -2.33. The number of aliphatic hydroxyl groups is 1. The van der Waals surface area contributed by atoms with Gasteiger partial charge in [0.15, 0.2) is 11.5 Å².